The summed E-state index contributed by atoms with van der Waals surface area (Å²) in [5.74, 6) is 0.303. The Morgan fingerprint density at radius 1 is 1.35 bits per heavy atom. The van der Waals surface area contributed by atoms with Crippen molar-refractivity contribution in [2.24, 2.45) is 0 Å². The molecule has 6 heteroatoms. The van der Waals surface area contributed by atoms with Crippen LogP contribution in [0.3, 0.4) is 0 Å². The van der Waals surface area contributed by atoms with E-state index < -0.39 is 4.92 Å². The van der Waals surface area contributed by atoms with Crippen LogP contribution in [0, 0.1) is 10.1 Å². The average molecular weight is 282 g/mol. The highest BCUT2D eigenvalue weighted by Crippen LogP contribution is 2.34. The molecule has 0 aromatic heterocycles. The number of aliphatic hydroxyl groups excluding tert-OH is 1. The first-order chi connectivity index (χ1) is 9.70. The minimum atomic E-state index is -0.416. The fraction of sp³-hybridized carbons (Fsp3) is 0.571. The maximum absolute atomic E-state index is 11.2. The van der Waals surface area contributed by atoms with Crippen molar-refractivity contribution in [2.75, 3.05) is 25.1 Å². The van der Waals surface area contributed by atoms with Crippen LogP contribution in [0.25, 0.3) is 0 Å². The zero-order valence-electron chi connectivity index (χ0n) is 11.8. The van der Waals surface area contributed by atoms with E-state index >= 15 is 0 Å². The van der Waals surface area contributed by atoms with Crippen molar-refractivity contribution >= 4 is 11.4 Å². The first kappa shape index (κ1) is 16.2. The van der Waals surface area contributed by atoms with E-state index in [0.29, 0.717) is 24.6 Å². The van der Waals surface area contributed by atoms with E-state index in [4.69, 9.17) is 9.84 Å². The lowest BCUT2D eigenvalue weighted by Crippen LogP contribution is -2.06. The van der Waals surface area contributed by atoms with Gasteiger partial charge in [-0.25, -0.2) is 0 Å². The number of nitrogens with zero attached hydrogens (tertiary/aromatic N) is 1. The van der Waals surface area contributed by atoms with Crippen LogP contribution in [0.15, 0.2) is 18.2 Å². The molecule has 0 bridgehead atoms. The Labute approximate surface area is 118 Å². The molecule has 0 saturated carbocycles. The van der Waals surface area contributed by atoms with Crippen LogP contribution < -0.4 is 10.1 Å². The molecular formula is C14H22N2O4. The lowest BCUT2D eigenvalue weighted by molar-refractivity contribution is -0.385. The lowest BCUT2D eigenvalue weighted by atomic mass is 10.2. The van der Waals surface area contributed by atoms with Gasteiger partial charge in [0.15, 0.2) is 5.75 Å². The van der Waals surface area contributed by atoms with Gasteiger partial charge in [-0.2, -0.15) is 0 Å². The number of hydrogen-bond donors (Lipinski definition) is 2. The minimum Gasteiger partial charge on any atom is -0.487 e. The van der Waals surface area contributed by atoms with E-state index in [1.807, 2.05) is 6.92 Å². The van der Waals surface area contributed by atoms with E-state index in [1.165, 1.54) is 0 Å². The van der Waals surface area contributed by atoms with Crippen molar-refractivity contribution in [3.63, 3.8) is 0 Å². The van der Waals surface area contributed by atoms with E-state index in [0.717, 1.165) is 25.7 Å². The molecule has 112 valence electrons. The fourth-order valence-electron chi connectivity index (χ4n) is 1.82. The lowest BCUT2D eigenvalue weighted by Gasteiger charge is -2.10. The molecule has 0 atom stereocenters. The topological polar surface area (TPSA) is 84.6 Å². The van der Waals surface area contributed by atoms with Gasteiger partial charge in [0.1, 0.15) is 5.69 Å². The van der Waals surface area contributed by atoms with Crippen LogP contribution in [0.1, 0.15) is 32.6 Å². The van der Waals surface area contributed by atoms with Crippen LogP contribution in [0.2, 0.25) is 0 Å². The molecule has 0 aliphatic rings. The molecule has 0 aliphatic heterocycles. The summed E-state index contributed by atoms with van der Waals surface area (Å²) in [5, 5.41) is 23.0. The number of rotatable bonds is 10. The molecule has 1 aromatic carbocycles. The van der Waals surface area contributed by atoms with Gasteiger partial charge in [0, 0.05) is 13.2 Å². The van der Waals surface area contributed by atoms with Gasteiger partial charge in [-0.15, -0.1) is 0 Å². The zero-order chi connectivity index (χ0) is 14.8. The first-order valence-electron chi connectivity index (χ1n) is 6.95. The first-order valence-corrected chi connectivity index (χ1v) is 6.95. The average Bonchev–Trinajstić information content (AvgIpc) is 2.44. The Morgan fingerprint density at radius 3 is 2.80 bits per heavy atom. The summed E-state index contributed by atoms with van der Waals surface area (Å²) in [6.45, 7) is 3.23. The third-order valence-corrected chi connectivity index (χ3v) is 2.79. The highest BCUT2D eigenvalue weighted by atomic mass is 16.6. The number of anilines is 1. The SMILES string of the molecule is CCCOc1cccc(NCCCCCO)c1[N+](=O)[O-]. The van der Waals surface area contributed by atoms with Gasteiger partial charge in [-0.3, -0.25) is 10.1 Å². The van der Waals surface area contributed by atoms with Gasteiger partial charge >= 0.3 is 5.69 Å². The van der Waals surface area contributed by atoms with Crippen LogP contribution in [0.5, 0.6) is 5.75 Å². The minimum absolute atomic E-state index is 0.0110. The van der Waals surface area contributed by atoms with E-state index in [1.54, 1.807) is 18.2 Å². The van der Waals surface area contributed by atoms with Crippen LogP contribution in [-0.2, 0) is 0 Å². The number of para-hydroxylation sites is 1. The summed E-state index contributed by atoms with van der Waals surface area (Å²) in [6.07, 6.45) is 3.31. The molecule has 0 fully saturated rings. The summed E-state index contributed by atoms with van der Waals surface area (Å²) in [6, 6.07) is 5.04. The van der Waals surface area contributed by atoms with Gasteiger partial charge in [-0.1, -0.05) is 13.0 Å². The molecule has 0 radical (unpaired) electrons. The maximum atomic E-state index is 11.2. The molecule has 0 amide bonds. The van der Waals surface area contributed by atoms with Crippen LogP contribution in [-0.4, -0.2) is 29.8 Å². The number of nitro benzene ring substituents is 1. The zero-order valence-corrected chi connectivity index (χ0v) is 11.8. The number of benzene rings is 1. The predicted octanol–water partition coefficient (Wildman–Crippen LogP) is 2.96. The summed E-state index contributed by atoms with van der Waals surface area (Å²) < 4.78 is 5.42. The second-order valence-electron chi connectivity index (χ2n) is 4.47. The van der Waals surface area contributed by atoms with Gasteiger partial charge < -0.3 is 15.2 Å². The van der Waals surface area contributed by atoms with Crippen molar-refractivity contribution in [1.82, 2.24) is 0 Å². The van der Waals surface area contributed by atoms with Crippen molar-refractivity contribution in [1.29, 1.82) is 0 Å². The molecule has 1 rings (SSSR count). The summed E-state index contributed by atoms with van der Waals surface area (Å²) in [5.41, 5.74) is 0.468. The molecule has 0 heterocycles. The predicted molar refractivity (Wildman–Crippen MR) is 78.3 cm³/mol. The Bertz CT molecular complexity index is 424. The van der Waals surface area contributed by atoms with Gasteiger partial charge in [-0.05, 0) is 37.8 Å². The smallest absolute Gasteiger partial charge is 0.333 e. The standard InChI is InChI=1S/C14H22N2O4/c1-2-11-20-13-8-6-7-12(14(13)16(18)19)15-9-4-3-5-10-17/h6-8,15,17H,2-5,9-11H2,1H3. The summed E-state index contributed by atoms with van der Waals surface area (Å²) >= 11 is 0. The van der Waals surface area contributed by atoms with E-state index in [-0.39, 0.29) is 12.3 Å². The number of ether oxygens (including phenoxy) is 1. The number of nitrogens with one attached hydrogen (secondary N) is 1. The molecule has 2 N–H and O–H groups in total. The number of unbranched alkanes of at least 4 members (excludes halogenated alkanes) is 2. The second kappa shape index (κ2) is 9.14. The molecular weight excluding hydrogens is 260 g/mol. The maximum Gasteiger partial charge on any atom is 0.333 e. The Kier molecular flexibility index (Phi) is 7.42. The molecule has 0 saturated heterocycles. The molecule has 6 nitrogen and oxygen atoms in total. The van der Waals surface area contributed by atoms with Crippen molar-refractivity contribution in [2.45, 2.75) is 32.6 Å². The molecule has 1 aromatic rings. The third-order valence-electron chi connectivity index (χ3n) is 2.79. The second-order valence-corrected chi connectivity index (χ2v) is 4.47. The highest BCUT2D eigenvalue weighted by molar-refractivity contribution is 5.68. The van der Waals surface area contributed by atoms with Crippen LogP contribution in [0.4, 0.5) is 11.4 Å². The Balaban J connectivity index is 2.71. The molecule has 0 spiro atoms. The van der Waals surface area contributed by atoms with Crippen LogP contribution >= 0.6 is 0 Å². The summed E-state index contributed by atoms with van der Waals surface area (Å²) in [4.78, 5) is 10.8. The number of nitro groups is 1. The van der Waals surface area contributed by atoms with Crippen molar-refractivity contribution in [3.8, 4) is 5.75 Å². The largest absolute Gasteiger partial charge is 0.487 e. The van der Waals surface area contributed by atoms with Crippen molar-refractivity contribution < 1.29 is 14.8 Å². The monoisotopic (exact) mass is 282 g/mol. The fourth-order valence-corrected chi connectivity index (χ4v) is 1.82. The van der Waals surface area contributed by atoms with Gasteiger partial charge in [0.25, 0.3) is 0 Å². The number of hydrogen-bond acceptors (Lipinski definition) is 5. The van der Waals surface area contributed by atoms with E-state index in [9.17, 15) is 10.1 Å². The Hall–Kier alpha value is -1.82. The highest BCUT2D eigenvalue weighted by Gasteiger charge is 2.20. The third kappa shape index (κ3) is 5.05. The van der Waals surface area contributed by atoms with Gasteiger partial charge in [0.2, 0.25) is 0 Å². The summed E-state index contributed by atoms with van der Waals surface area (Å²) in [7, 11) is 0. The molecule has 0 unspecified atom stereocenters. The van der Waals surface area contributed by atoms with Gasteiger partial charge in [0.05, 0.1) is 11.5 Å². The van der Waals surface area contributed by atoms with E-state index in [2.05, 4.69) is 5.32 Å². The molecule has 0 aliphatic carbocycles. The quantitative estimate of drug-likeness (QED) is 0.391. The van der Waals surface area contributed by atoms with Crippen molar-refractivity contribution in [3.05, 3.63) is 28.3 Å². The molecule has 20 heavy (non-hydrogen) atoms. The number of aliphatic hydroxyl groups is 1. The normalized spacial score (nSPS) is 10.3. The Morgan fingerprint density at radius 2 is 2.15 bits per heavy atom.